The van der Waals surface area contributed by atoms with E-state index in [1.54, 1.807) is 66.7 Å². The number of thiophene rings is 1. The van der Waals surface area contributed by atoms with E-state index in [0.717, 1.165) is 4.88 Å². The molecule has 0 unspecified atom stereocenters. The first kappa shape index (κ1) is 35.9. The minimum absolute atomic E-state index is 0.0343. The average molecular weight is 724 g/mol. The summed E-state index contributed by atoms with van der Waals surface area (Å²) >= 11 is 1.37. The number of hydrogen-bond donors (Lipinski definition) is 7. The average Bonchev–Trinajstić information content (AvgIpc) is 3.63. The molecule has 2 aromatic heterocycles. The van der Waals surface area contributed by atoms with Crippen molar-refractivity contribution in [3.8, 4) is 21.9 Å². The highest BCUT2D eigenvalue weighted by Crippen LogP contribution is 2.36. The highest BCUT2D eigenvalue weighted by molar-refractivity contribution is 7.13. The van der Waals surface area contributed by atoms with Gasteiger partial charge in [0.25, 0.3) is 5.91 Å². The summed E-state index contributed by atoms with van der Waals surface area (Å²) in [5.74, 6) is -2.76. The van der Waals surface area contributed by atoms with Crippen molar-refractivity contribution in [3.63, 3.8) is 0 Å². The number of aliphatic hydroxyl groups excluding tert-OH is 1. The van der Waals surface area contributed by atoms with Gasteiger partial charge >= 0.3 is 5.97 Å². The lowest BCUT2D eigenvalue weighted by Gasteiger charge is -2.25. The first-order valence-electron chi connectivity index (χ1n) is 16.1. The van der Waals surface area contributed by atoms with Crippen molar-refractivity contribution in [2.45, 2.75) is 24.8 Å². The van der Waals surface area contributed by atoms with Crippen LogP contribution < -0.4 is 20.9 Å². The van der Waals surface area contributed by atoms with Gasteiger partial charge in [-0.15, -0.1) is 11.3 Å². The molecule has 6 aromatic rings. The smallest absolute Gasteiger partial charge is 0.345 e. The molecule has 0 aliphatic heterocycles. The van der Waals surface area contributed by atoms with Gasteiger partial charge in [0.05, 0.1) is 24.3 Å². The van der Waals surface area contributed by atoms with Crippen LogP contribution in [0.3, 0.4) is 0 Å². The van der Waals surface area contributed by atoms with Gasteiger partial charge in [-0.2, -0.15) is 0 Å². The van der Waals surface area contributed by atoms with Crippen molar-refractivity contribution in [1.82, 2.24) is 15.6 Å². The van der Waals surface area contributed by atoms with Crippen molar-refractivity contribution in [1.29, 1.82) is 0 Å². The van der Waals surface area contributed by atoms with Crippen molar-refractivity contribution in [3.05, 3.63) is 152 Å². The molecule has 4 aromatic carbocycles. The molecule has 0 spiro atoms. The fourth-order valence-electron chi connectivity index (χ4n) is 6.08. The third-order valence-corrected chi connectivity index (χ3v) is 9.77. The molecule has 0 saturated heterocycles. The largest absolute Gasteiger partial charge is 0.506 e. The zero-order valence-electron chi connectivity index (χ0n) is 27.7. The van der Waals surface area contributed by atoms with E-state index in [1.165, 1.54) is 48.8 Å². The Hall–Kier alpha value is -5.86. The molecule has 11 nitrogen and oxygen atoms in total. The predicted molar refractivity (Wildman–Crippen MR) is 194 cm³/mol. The molecule has 52 heavy (non-hydrogen) atoms. The highest BCUT2D eigenvalue weighted by atomic mass is 32.1. The number of phenolic OH excluding ortho intramolecular Hbond substituents is 1. The SMILES string of the molecule is COc1cc(C(=O)NCc2ccsc2-c2cccc([C@](O)(C(=O)O)c3ccccc3)c2)c(F)cc1CNC[C@H](O)c1ccc(O)c2[nH]c(=O)ccc12. The third kappa shape index (κ3) is 7.16. The van der Waals surface area contributed by atoms with Gasteiger partial charge in [0.15, 0.2) is 0 Å². The lowest BCUT2D eigenvalue weighted by atomic mass is 9.85. The van der Waals surface area contributed by atoms with Crippen LogP contribution in [0, 0.1) is 5.82 Å². The Balaban J connectivity index is 1.13. The normalized spacial score (nSPS) is 13.0. The second-order valence-electron chi connectivity index (χ2n) is 12.0. The monoisotopic (exact) mass is 723 g/mol. The van der Waals surface area contributed by atoms with Crippen LogP contribution in [0.5, 0.6) is 11.5 Å². The van der Waals surface area contributed by atoms with Gasteiger partial charge in [-0.25, -0.2) is 9.18 Å². The van der Waals surface area contributed by atoms with Crippen LogP contribution in [0.4, 0.5) is 4.39 Å². The van der Waals surface area contributed by atoms with Crippen molar-refractivity contribution in [2.75, 3.05) is 13.7 Å². The molecular weight excluding hydrogens is 690 g/mol. The number of pyridine rings is 1. The second-order valence-corrected chi connectivity index (χ2v) is 12.9. The number of benzene rings is 4. The van der Waals surface area contributed by atoms with E-state index in [-0.39, 0.29) is 53.3 Å². The number of fused-ring (bicyclic) bond motifs is 1. The molecule has 1 amide bonds. The van der Waals surface area contributed by atoms with Crippen LogP contribution in [-0.2, 0) is 23.5 Å². The number of methoxy groups -OCH3 is 1. The number of nitrogens with one attached hydrogen (secondary N) is 3. The summed E-state index contributed by atoms with van der Waals surface area (Å²) in [5, 5.41) is 50.5. The Morgan fingerprint density at radius 2 is 1.71 bits per heavy atom. The maximum Gasteiger partial charge on any atom is 0.345 e. The van der Waals surface area contributed by atoms with Crippen LogP contribution in [0.2, 0.25) is 0 Å². The molecule has 2 atom stereocenters. The number of amides is 1. The van der Waals surface area contributed by atoms with Crippen LogP contribution in [0.1, 0.15) is 44.3 Å². The number of carboxylic acids is 1. The summed E-state index contributed by atoms with van der Waals surface area (Å²) in [6.45, 7) is 0.164. The molecule has 2 heterocycles. The number of carbonyl (C=O) groups excluding carboxylic acids is 1. The van der Waals surface area contributed by atoms with E-state index >= 15 is 4.39 Å². The first-order chi connectivity index (χ1) is 25.0. The number of aromatic amines is 1. The van der Waals surface area contributed by atoms with Gasteiger partial charge in [0.2, 0.25) is 11.2 Å². The third-order valence-electron chi connectivity index (χ3n) is 8.76. The maximum atomic E-state index is 15.4. The molecule has 7 N–H and O–H groups in total. The fraction of sp³-hybridized carbons (Fsp3) is 0.154. The van der Waals surface area contributed by atoms with E-state index < -0.39 is 35.0 Å². The molecular formula is C39H34FN3O8S. The summed E-state index contributed by atoms with van der Waals surface area (Å²) < 4.78 is 20.8. The number of carbonyl (C=O) groups is 2. The Labute approximate surface area is 300 Å². The minimum atomic E-state index is -2.29. The molecule has 0 bridgehead atoms. The number of halogens is 1. The maximum absolute atomic E-state index is 15.4. The van der Waals surface area contributed by atoms with E-state index in [2.05, 4.69) is 15.6 Å². The van der Waals surface area contributed by atoms with Crippen molar-refractivity contribution in [2.24, 2.45) is 0 Å². The number of aromatic hydroxyl groups is 1. The Morgan fingerprint density at radius 3 is 2.46 bits per heavy atom. The number of aliphatic hydroxyl groups is 2. The summed E-state index contributed by atoms with van der Waals surface area (Å²) in [5.41, 5.74) is -0.132. The zero-order chi connectivity index (χ0) is 37.0. The lowest BCUT2D eigenvalue weighted by molar-refractivity contribution is -0.155. The summed E-state index contributed by atoms with van der Waals surface area (Å²) in [7, 11) is 1.39. The lowest BCUT2D eigenvalue weighted by Crippen LogP contribution is -2.36. The second kappa shape index (κ2) is 15.2. The van der Waals surface area contributed by atoms with E-state index in [4.69, 9.17) is 4.74 Å². The number of rotatable bonds is 13. The van der Waals surface area contributed by atoms with Crippen LogP contribution in [-0.4, -0.2) is 50.9 Å². The molecule has 0 aliphatic rings. The quantitative estimate of drug-likeness (QED) is 0.0845. The van der Waals surface area contributed by atoms with Crippen molar-refractivity contribution >= 4 is 34.1 Å². The number of aromatic nitrogens is 1. The van der Waals surface area contributed by atoms with Gasteiger partial charge in [-0.05, 0) is 64.0 Å². The van der Waals surface area contributed by atoms with Crippen LogP contribution in [0.15, 0.2) is 107 Å². The van der Waals surface area contributed by atoms with Crippen molar-refractivity contribution < 1.29 is 39.1 Å². The van der Waals surface area contributed by atoms with Crippen LogP contribution >= 0.6 is 11.3 Å². The predicted octanol–water partition coefficient (Wildman–Crippen LogP) is 5.18. The highest BCUT2D eigenvalue weighted by Gasteiger charge is 2.40. The van der Waals surface area contributed by atoms with Gasteiger partial charge in [0.1, 0.15) is 17.3 Å². The van der Waals surface area contributed by atoms with Crippen LogP contribution in [0.25, 0.3) is 21.3 Å². The van der Waals surface area contributed by atoms with Gasteiger partial charge in [-0.3, -0.25) is 9.59 Å². The molecule has 266 valence electrons. The molecule has 6 rings (SSSR count). The van der Waals surface area contributed by atoms with E-state index in [1.807, 2.05) is 5.38 Å². The molecule has 0 radical (unpaired) electrons. The number of phenols is 1. The molecule has 0 fully saturated rings. The van der Waals surface area contributed by atoms with Gasteiger partial charge in [0, 0.05) is 47.1 Å². The Morgan fingerprint density at radius 1 is 0.942 bits per heavy atom. The van der Waals surface area contributed by atoms with Gasteiger partial charge in [-0.1, -0.05) is 54.6 Å². The number of aliphatic carboxylic acids is 1. The summed E-state index contributed by atoms with van der Waals surface area (Å²) in [6.07, 6.45) is -1.04. The first-order valence-corrected chi connectivity index (χ1v) is 17.0. The number of H-pyrrole nitrogens is 1. The zero-order valence-corrected chi connectivity index (χ0v) is 28.5. The number of hydrogen-bond acceptors (Lipinski definition) is 9. The molecule has 0 aliphatic carbocycles. The van der Waals surface area contributed by atoms with E-state index in [0.29, 0.717) is 27.6 Å². The minimum Gasteiger partial charge on any atom is -0.506 e. The number of carboxylic acid groups (broad SMARTS) is 1. The molecule has 13 heteroatoms. The topological polar surface area (TPSA) is 181 Å². The number of ether oxygens (including phenoxy) is 1. The summed E-state index contributed by atoms with van der Waals surface area (Å²) in [6, 6.07) is 24.7. The Kier molecular flexibility index (Phi) is 10.5. The van der Waals surface area contributed by atoms with E-state index in [9.17, 15) is 34.8 Å². The summed E-state index contributed by atoms with van der Waals surface area (Å²) in [4.78, 5) is 40.6. The van der Waals surface area contributed by atoms with Gasteiger partial charge < -0.3 is 40.8 Å². The standard InChI is InChI=1S/C39H34FN3O8S/c1-51-33-18-29(30(40)17-24(33)19-41-21-32(45)27-10-12-31(44)35-28(27)11-13-34(46)43-35)37(47)42-20-23-14-15-52-36(23)22-6-5-9-26(16-22)39(50,38(48)49)25-7-3-2-4-8-25/h2-18,32,41,44-45,50H,19-21H2,1H3,(H,42,47)(H,43,46)(H,48,49)/t32-,39-/m0/s1. The Bertz CT molecular complexity index is 2330. The molecule has 0 saturated carbocycles. The fourth-order valence-corrected chi connectivity index (χ4v) is 7.00.